The van der Waals surface area contributed by atoms with Gasteiger partial charge in [-0.2, -0.15) is 0 Å². The van der Waals surface area contributed by atoms with E-state index in [-0.39, 0.29) is 16.9 Å². The van der Waals surface area contributed by atoms with Crippen LogP contribution in [0, 0.1) is 0 Å². The Hall–Kier alpha value is -4.33. The standard InChI is InChI=1S/C25H22N2O6/c1-31-17-9-7-16(8-10-17)27-22(15-11-13-26-14-12-15)21(24(29)25(27)30)23(28)20-18(32-2)5-4-6-19(20)33-3/h4-14,22,28H,1-3H3/b23-21+. The predicted octanol–water partition coefficient (Wildman–Crippen LogP) is 3.73. The number of Topliss-reactive ketones (excluding diaryl/α,β-unsaturated/α-hetero) is 1. The van der Waals surface area contributed by atoms with E-state index >= 15 is 0 Å². The van der Waals surface area contributed by atoms with Crippen molar-refractivity contribution in [3.05, 3.63) is 83.7 Å². The lowest BCUT2D eigenvalue weighted by Gasteiger charge is -2.25. The molecule has 1 aromatic heterocycles. The van der Waals surface area contributed by atoms with Crippen LogP contribution in [0.25, 0.3) is 5.76 Å². The molecule has 8 heteroatoms. The van der Waals surface area contributed by atoms with E-state index in [1.165, 1.54) is 19.1 Å². The maximum atomic E-state index is 13.3. The second-order valence-corrected chi connectivity index (χ2v) is 7.19. The molecule has 4 rings (SSSR count). The van der Waals surface area contributed by atoms with Gasteiger partial charge in [-0.3, -0.25) is 19.5 Å². The number of aromatic nitrogens is 1. The van der Waals surface area contributed by atoms with Gasteiger partial charge in [-0.25, -0.2) is 0 Å². The van der Waals surface area contributed by atoms with Crippen molar-refractivity contribution >= 4 is 23.1 Å². The highest BCUT2D eigenvalue weighted by Gasteiger charge is 2.47. The molecule has 1 N–H and O–H groups in total. The highest BCUT2D eigenvalue weighted by Crippen LogP contribution is 2.45. The van der Waals surface area contributed by atoms with E-state index in [1.54, 1.807) is 74.1 Å². The summed E-state index contributed by atoms with van der Waals surface area (Å²) in [5.74, 6) is -0.766. The first-order chi connectivity index (χ1) is 16.0. The summed E-state index contributed by atoms with van der Waals surface area (Å²) >= 11 is 0. The summed E-state index contributed by atoms with van der Waals surface area (Å²) in [7, 11) is 4.43. The summed E-state index contributed by atoms with van der Waals surface area (Å²) in [5.41, 5.74) is 1.19. The minimum Gasteiger partial charge on any atom is -0.506 e. The molecule has 1 amide bonds. The number of anilines is 1. The van der Waals surface area contributed by atoms with Crippen molar-refractivity contribution in [3.8, 4) is 17.2 Å². The molecule has 1 fully saturated rings. The Bertz CT molecular complexity index is 1200. The maximum Gasteiger partial charge on any atom is 0.300 e. The number of aliphatic hydroxyl groups excluding tert-OH is 1. The number of rotatable bonds is 6. The number of ether oxygens (including phenoxy) is 3. The van der Waals surface area contributed by atoms with Gasteiger partial charge in [0.15, 0.2) is 0 Å². The van der Waals surface area contributed by atoms with Crippen molar-refractivity contribution < 1.29 is 28.9 Å². The summed E-state index contributed by atoms with van der Waals surface area (Å²) in [5, 5.41) is 11.4. The van der Waals surface area contributed by atoms with Crippen molar-refractivity contribution in [2.45, 2.75) is 6.04 Å². The summed E-state index contributed by atoms with van der Waals surface area (Å²) in [4.78, 5) is 31.9. The van der Waals surface area contributed by atoms with Gasteiger partial charge < -0.3 is 19.3 Å². The van der Waals surface area contributed by atoms with Crippen LogP contribution in [0.4, 0.5) is 5.69 Å². The molecule has 0 saturated carbocycles. The number of ketones is 1. The zero-order valence-corrected chi connectivity index (χ0v) is 18.3. The Balaban J connectivity index is 1.97. The van der Waals surface area contributed by atoms with Gasteiger partial charge in [0.25, 0.3) is 11.7 Å². The van der Waals surface area contributed by atoms with Gasteiger partial charge >= 0.3 is 0 Å². The van der Waals surface area contributed by atoms with Crippen LogP contribution in [-0.4, -0.2) is 43.1 Å². The summed E-state index contributed by atoms with van der Waals surface area (Å²) in [6.07, 6.45) is 3.13. The number of hydrogen-bond donors (Lipinski definition) is 1. The van der Waals surface area contributed by atoms with Gasteiger partial charge in [0, 0.05) is 18.1 Å². The molecule has 1 saturated heterocycles. The van der Waals surface area contributed by atoms with Crippen LogP contribution in [0.5, 0.6) is 17.2 Å². The van der Waals surface area contributed by atoms with Gasteiger partial charge in [0.2, 0.25) is 0 Å². The van der Waals surface area contributed by atoms with E-state index in [2.05, 4.69) is 4.98 Å². The molecule has 168 valence electrons. The third kappa shape index (κ3) is 3.76. The van der Waals surface area contributed by atoms with Crippen LogP contribution in [0.3, 0.4) is 0 Å². The van der Waals surface area contributed by atoms with Crippen LogP contribution in [0.2, 0.25) is 0 Å². The summed E-state index contributed by atoms with van der Waals surface area (Å²) < 4.78 is 16.0. The molecule has 2 heterocycles. The lowest BCUT2D eigenvalue weighted by molar-refractivity contribution is -0.132. The smallest absolute Gasteiger partial charge is 0.300 e. The van der Waals surface area contributed by atoms with E-state index < -0.39 is 17.7 Å². The Morgan fingerprint density at radius 2 is 1.48 bits per heavy atom. The molecule has 3 aromatic rings. The average molecular weight is 446 g/mol. The minimum atomic E-state index is -0.893. The average Bonchev–Trinajstić information content (AvgIpc) is 3.13. The number of aliphatic hydroxyl groups is 1. The van der Waals surface area contributed by atoms with Crippen LogP contribution in [0.15, 0.2) is 72.6 Å². The van der Waals surface area contributed by atoms with Gasteiger partial charge in [-0.05, 0) is 54.1 Å². The molecular formula is C25H22N2O6. The third-order valence-corrected chi connectivity index (χ3v) is 5.48. The molecule has 1 atom stereocenters. The fourth-order valence-electron chi connectivity index (χ4n) is 3.92. The molecule has 33 heavy (non-hydrogen) atoms. The van der Waals surface area contributed by atoms with E-state index in [9.17, 15) is 14.7 Å². The van der Waals surface area contributed by atoms with Crippen molar-refractivity contribution in [2.24, 2.45) is 0 Å². The number of nitrogens with zero attached hydrogens (tertiary/aromatic N) is 2. The first kappa shape index (κ1) is 21.9. The van der Waals surface area contributed by atoms with E-state index in [0.29, 0.717) is 28.5 Å². The molecule has 1 unspecified atom stereocenters. The summed E-state index contributed by atoms with van der Waals surface area (Å²) in [6, 6.07) is 14.2. The zero-order chi connectivity index (χ0) is 23.5. The van der Waals surface area contributed by atoms with Crippen molar-refractivity contribution in [1.29, 1.82) is 0 Å². The minimum absolute atomic E-state index is 0.0789. The molecular weight excluding hydrogens is 424 g/mol. The highest BCUT2D eigenvalue weighted by atomic mass is 16.5. The number of methoxy groups -OCH3 is 3. The third-order valence-electron chi connectivity index (χ3n) is 5.48. The number of pyridine rings is 1. The largest absolute Gasteiger partial charge is 0.506 e. The van der Waals surface area contributed by atoms with Gasteiger partial charge in [-0.1, -0.05) is 6.07 Å². The molecule has 8 nitrogen and oxygen atoms in total. The van der Waals surface area contributed by atoms with Crippen molar-refractivity contribution in [2.75, 3.05) is 26.2 Å². The molecule has 0 spiro atoms. The molecule has 0 aliphatic carbocycles. The van der Waals surface area contributed by atoms with Gasteiger partial charge in [0.1, 0.15) is 28.6 Å². The maximum absolute atomic E-state index is 13.3. The summed E-state index contributed by atoms with van der Waals surface area (Å²) in [6.45, 7) is 0. The second kappa shape index (κ2) is 9.04. The number of benzene rings is 2. The molecule has 2 aromatic carbocycles. The second-order valence-electron chi connectivity index (χ2n) is 7.19. The Kier molecular flexibility index (Phi) is 5.99. The Morgan fingerprint density at radius 3 is 2.03 bits per heavy atom. The SMILES string of the molecule is COc1ccc(N2C(=O)C(=O)/C(=C(/O)c3c(OC)cccc3OC)C2c2ccncc2)cc1. The Morgan fingerprint density at radius 1 is 0.879 bits per heavy atom. The number of carbonyl (C=O) groups excluding carboxylic acids is 2. The fraction of sp³-hybridized carbons (Fsp3) is 0.160. The van der Waals surface area contributed by atoms with Gasteiger partial charge in [-0.15, -0.1) is 0 Å². The number of hydrogen-bond acceptors (Lipinski definition) is 7. The monoisotopic (exact) mass is 446 g/mol. The van der Waals surface area contributed by atoms with Gasteiger partial charge in [0.05, 0.1) is 32.9 Å². The lowest BCUT2D eigenvalue weighted by Crippen LogP contribution is -2.29. The topological polar surface area (TPSA) is 98.2 Å². The van der Waals surface area contributed by atoms with Crippen LogP contribution >= 0.6 is 0 Å². The first-order valence-corrected chi connectivity index (χ1v) is 10.1. The van der Waals surface area contributed by atoms with Crippen molar-refractivity contribution in [1.82, 2.24) is 4.98 Å². The Labute approximate surface area is 190 Å². The van der Waals surface area contributed by atoms with Crippen LogP contribution in [0.1, 0.15) is 17.2 Å². The van der Waals surface area contributed by atoms with Crippen molar-refractivity contribution in [3.63, 3.8) is 0 Å². The molecule has 1 aliphatic heterocycles. The zero-order valence-electron chi connectivity index (χ0n) is 18.3. The predicted molar refractivity (Wildman–Crippen MR) is 122 cm³/mol. The van der Waals surface area contributed by atoms with E-state index in [4.69, 9.17) is 14.2 Å². The normalized spacial score (nSPS) is 17.2. The molecule has 0 bridgehead atoms. The van der Waals surface area contributed by atoms with E-state index in [0.717, 1.165) is 0 Å². The first-order valence-electron chi connectivity index (χ1n) is 10.1. The fourth-order valence-corrected chi connectivity index (χ4v) is 3.92. The lowest BCUT2D eigenvalue weighted by atomic mass is 9.95. The van der Waals surface area contributed by atoms with Crippen LogP contribution < -0.4 is 19.1 Å². The highest BCUT2D eigenvalue weighted by molar-refractivity contribution is 6.51. The number of carbonyl (C=O) groups is 2. The van der Waals surface area contributed by atoms with Crippen LogP contribution in [-0.2, 0) is 9.59 Å². The van der Waals surface area contributed by atoms with E-state index in [1.807, 2.05) is 0 Å². The quantitative estimate of drug-likeness (QED) is 0.350. The molecule has 1 aliphatic rings. The molecule has 0 radical (unpaired) electrons. The number of amides is 1.